The lowest BCUT2D eigenvalue weighted by atomic mass is 10.0. The molecule has 2 atom stereocenters. The van der Waals surface area contributed by atoms with E-state index in [1.54, 1.807) is 19.0 Å². The number of nitrogens with one attached hydrogen (secondary N) is 1. The van der Waals surface area contributed by atoms with Crippen molar-refractivity contribution in [3.8, 4) is 0 Å². The van der Waals surface area contributed by atoms with Gasteiger partial charge in [-0.15, -0.1) is 0 Å². The van der Waals surface area contributed by atoms with Gasteiger partial charge in [0.2, 0.25) is 5.91 Å². The van der Waals surface area contributed by atoms with Crippen molar-refractivity contribution in [2.45, 2.75) is 18.6 Å². The number of likely N-dealkylation sites (N-methyl/N-ethyl adjacent to an activating group) is 1. The van der Waals surface area contributed by atoms with Crippen molar-refractivity contribution in [1.29, 1.82) is 0 Å². The smallest absolute Gasteiger partial charge is 0.236 e. The lowest BCUT2D eigenvalue weighted by molar-refractivity contribution is -0.130. The molecule has 24 heavy (non-hydrogen) atoms. The average molecular weight is 369 g/mol. The summed E-state index contributed by atoms with van der Waals surface area (Å²) in [5, 5.41) is 15.2. The molecule has 130 valence electrons. The molecule has 8 heteroatoms. The van der Waals surface area contributed by atoms with Crippen LogP contribution >= 0.6 is 22.9 Å². The Morgan fingerprint density at radius 2 is 2.33 bits per heavy atom. The number of rotatable bonds is 4. The summed E-state index contributed by atoms with van der Waals surface area (Å²) in [4.78, 5) is 19.9. The van der Waals surface area contributed by atoms with Crippen LogP contribution < -0.4 is 5.32 Å². The summed E-state index contributed by atoms with van der Waals surface area (Å²) in [5.41, 5.74) is 0.899. The Hall–Kier alpha value is -1.41. The van der Waals surface area contributed by atoms with Gasteiger partial charge in [0.15, 0.2) is 5.13 Å². The molecule has 2 N–H and O–H groups in total. The monoisotopic (exact) mass is 368 g/mol. The predicted molar refractivity (Wildman–Crippen MR) is 97.8 cm³/mol. The highest BCUT2D eigenvalue weighted by Crippen LogP contribution is 2.29. The Bertz CT molecular complexity index is 736. The van der Waals surface area contributed by atoms with Gasteiger partial charge in [-0.3, -0.25) is 9.69 Å². The van der Waals surface area contributed by atoms with Crippen molar-refractivity contribution in [3.05, 3.63) is 23.2 Å². The fourth-order valence-corrected chi connectivity index (χ4v) is 3.96. The fourth-order valence-electron chi connectivity index (χ4n) is 2.76. The summed E-state index contributed by atoms with van der Waals surface area (Å²) in [6, 6.07) is 5.55. The lowest BCUT2D eigenvalue weighted by Gasteiger charge is -2.36. The van der Waals surface area contributed by atoms with Crippen LogP contribution in [0.2, 0.25) is 5.02 Å². The standard InChI is InChI=1S/C16H21ClN4O2S/c1-20(2)15(23)9-21-6-5-11(13(22)8-21)18-16-19-12-4-3-10(17)7-14(12)24-16/h3-4,7,11,13,22H,5-6,8-9H2,1-2H3,(H,18,19). The highest BCUT2D eigenvalue weighted by atomic mass is 35.5. The molecule has 0 bridgehead atoms. The normalized spacial score (nSPS) is 21.8. The molecule has 0 radical (unpaired) electrons. The van der Waals surface area contributed by atoms with E-state index in [0.29, 0.717) is 18.1 Å². The average Bonchev–Trinajstić information content (AvgIpc) is 2.91. The van der Waals surface area contributed by atoms with Crippen molar-refractivity contribution in [2.24, 2.45) is 0 Å². The van der Waals surface area contributed by atoms with E-state index in [1.807, 2.05) is 23.1 Å². The largest absolute Gasteiger partial charge is 0.390 e. The number of fused-ring (bicyclic) bond motifs is 1. The van der Waals surface area contributed by atoms with E-state index in [1.165, 1.54) is 11.3 Å². The van der Waals surface area contributed by atoms with Gasteiger partial charge in [0.05, 0.1) is 28.9 Å². The number of β-amino-alcohol motifs (C(OH)–C–C–N with tert-alkyl or cyclic N) is 1. The minimum absolute atomic E-state index is 0.0525. The Labute approximate surface area is 150 Å². The van der Waals surface area contributed by atoms with Crippen LogP contribution in [0, 0.1) is 0 Å². The molecule has 1 aromatic heterocycles. The molecule has 1 amide bonds. The molecule has 2 heterocycles. The van der Waals surface area contributed by atoms with Crippen LogP contribution in [0.5, 0.6) is 0 Å². The summed E-state index contributed by atoms with van der Waals surface area (Å²) in [5.74, 6) is 0.0525. The number of carbonyl (C=O) groups excluding carboxylic acids is 1. The van der Waals surface area contributed by atoms with Gasteiger partial charge >= 0.3 is 0 Å². The van der Waals surface area contributed by atoms with Crippen molar-refractivity contribution in [3.63, 3.8) is 0 Å². The van der Waals surface area contributed by atoms with E-state index in [4.69, 9.17) is 11.6 Å². The summed E-state index contributed by atoms with van der Waals surface area (Å²) < 4.78 is 1.02. The van der Waals surface area contributed by atoms with Crippen LogP contribution in [0.15, 0.2) is 18.2 Å². The van der Waals surface area contributed by atoms with Gasteiger partial charge in [-0.05, 0) is 24.6 Å². The zero-order chi connectivity index (χ0) is 17.3. The minimum atomic E-state index is -0.538. The van der Waals surface area contributed by atoms with Gasteiger partial charge in [-0.25, -0.2) is 4.98 Å². The number of piperidine rings is 1. The van der Waals surface area contributed by atoms with E-state index in [0.717, 1.165) is 28.3 Å². The van der Waals surface area contributed by atoms with E-state index in [9.17, 15) is 9.90 Å². The van der Waals surface area contributed by atoms with Crippen LogP contribution in [0.1, 0.15) is 6.42 Å². The second kappa shape index (κ2) is 7.23. The quantitative estimate of drug-likeness (QED) is 0.862. The van der Waals surface area contributed by atoms with Crippen molar-refractivity contribution < 1.29 is 9.90 Å². The zero-order valence-corrected chi connectivity index (χ0v) is 15.3. The third kappa shape index (κ3) is 3.97. The molecule has 6 nitrogen and oxygen atoms in total. The van der Waals surface area contributed by atoms with Crippen LogP contribution in [0.4, 0.5) is 5.13 Å². The first-order chi connectivity index (χ1) is 11.4. The number of carbonyl (C=O) groups is 1. The van der Waals surface area contributed by atoms with E-state index in [-0.39, 0.29) is 11.9 Å². The first-order valence-electron chi connectivity index (χ1n) is 7.85. The number of benzene rings is 1. The molecular formula is C16H21ClN4O2S. The second-order valence-electron chi connectivity index (χ2n) is 6.26. The van der Waals surface area contributed by atoms with Gasteiger partial charge in [0.25, 0.3) is 0 Å². The number of hydrogen-bond acceptors (Lipinski definition) is 6. The van der Waals surface area contributed by atoms with Crippen molar-refractivity contribution >= 4 is 44.2 Å². The number of hydrogen-bond donors (Lipinski definition) is 2. The molecule has 1 aliphatic rings. The summed E-state index contributed by atoms with van der Waals surface area (Å²) in [6.45, 7) is 1.59. The molecule has 2 aromatic rings. The number of anilines is 1. The zero-order valence-electron chi connectivity index (χ0n) is 13.7. The van der Waals surface area contributed by atoms with Gasteiger partial charge in [0.1, 0.15) is 0 Å². The van der Waals surface area contributed by atoms with Crippen LogP contribution in [-0.2, 0) is 4.79 Å². The van der Waals surface area contributed by atoms with Crippen LogP contribution in [0.25, 0.3) is 10.2 Å². The minimum Gasteiger partial charge on any atom is -0.390 e. The molecule has 1 fully saturated rings. The summed E-state index contributed by atoms with van der Waals surface area (Å²) >= 11 is 7.54. The highest BCUT2D eigenvalue weighted by Gasteiger charge is 2.29. The lowest BCUT2D eigenvalue weighted by Crippen LogP contribution is -2.51. The molecule has 0 aliphatic carbocycles. The summed E-state index contributed by atoms with van der Waals surface area (Å²) in [7, 11) is 3.49. The van der Waals surface area contributed by atoms with Crippen LogP contribution in [-0.4, -0.2) is 71.7 Å². The Morgan fingerprint density at radius 3 is 3.04 bits per heavy atom. The first kappa shape index (κ1) is 17.4. The summed E-state index contributed by atoms with van der Waals surface area (Å²) in [6.07, 6.45) is 0.225. The molecule has 1 aromatic carbocycles. The number of aliphatic hydroxyl groups is 1. The van der Waals surface area contributed by atoms with Crippen molar-refractivity contribution in [2.75, 3.05) is 39.0 Å². The molecule has 1 saturated heterocycles. The highest BCUT2D eigenvalue weighted by molar-refractivity contribution is 7.22. The molecule has 3 rings (SSSR count). The maximum atomic E-state index is 11.8. The fraction of sp³-hybridized carbons (Fsp3) is 0.500. The van der Waals surface area contributed by atoms with E-state index < -0.39 is 6.10 Å². The third-order valence-corrected chi connectivity index (χ3v) is 5.37. The number of aliphatic hydroxyl groups excluding tert-OH is 1. The molecule has 1 aliphatic heterocycles. The predicted octanol–water partition coefficient (Wildman–Crippen LogP) is 1.89. The SMILES string of the molecule is CN(C)C(=O)CN1CCC(Nc2nc3ccc(Cl)cc3s2)C(O)C1. The van der Waals surface area contributed by atoms with Gasteiger partial charge in [-0.1, -0.05) is 22.9 Å². The molecule has 0 spiro atoms. The Balaban J connectivity index is 1.61. The number of likely N-dealkylation sites (tertiary alicyclic amines) is 1. The number of halogens is 1. The van der Waals surface area contributed by atoms with Gasteiger partial charge < -0.3 is 15.3 Å². The number of amides is 1. The van der Waals surface area contributed by atoms with E-state index >= 15 is 0 Å². The Kier molecular flexibility index (Phi) is 5.24. The number of nitrogens with zero attached hydrogens (tertiary/aromatic N) is 3. The van der Waals surface area contributed by atoms with Gasteiger partial charge in [-0.2, -0.15) is 0 Å². The van der Waals surface area contributed by atoms with Crippen LogP contribution in [0.3, 0.4) is 0 Å². The topological polar surface area (TPSA) is 68.7 Å². The maximum absolute atomic E-state index is 11.8. The number of thiazole rings is 1. The van der Waals surface area contributed by atoms with E-state index in [2.05, 4.69) is 10.3 Å². The molecule has 2 unspecified atom stereocenters. The van der Waals surface area contributed by atoms with Gasteiger partial charge in [0, 0.05) is 32.2 Å². The number of aromatic nitrogens is 1. The van der Waals surface area contributed by atoms with Crippen molar-refractivity contribution in [1.82, 2.24) is 14.8 Å². The maximum Gasteiger partial charge on any atom is 0.236 e. The molecule has 0 saturated carbocycles. The first-order valence-corrected chi connectivity index (χ1v) is 9.05. The molecular weight excluding hydrogens is 348 g/mol. The third-order valence-electron chi connectivity index (χ3n) is 4.18. The second-order valence-corrected chi connectivity index (χ2v) is 7.73. The Morgan fingerprint density at radius 1 is 1.54 bits per heavy atom.